The van der Waals surface area contributed by atoms with Crippen molar-refractivity contribution in [3.05, 3.63) is 63.2 Å². The summed E-state index contributed by atoms with van der Waals surface area (Å²) in [6.45, 7) is 5.62. The van der Waals surface area contributed by atoms with E-state index >= 15 is 0 Å². The maximum Gasteiger partial charge on any atom is 0.328 e. The van der Waals surface area contributed by atoms with Crippen LogP contribution in [0.15, 0.2) is 46.9 Å². The molecule has 0 unspecified atom stereocenters. The Morgan fingerprint density at radius 1 is 1.10 bits per heavy atom. The van der Waals surface area contributed by atoms with E-state index < -0.39 is 17.7 Å². The number of hydrogen-bond acceptors (Lipinski definition) is 3. The number of amides is 3. The second kappa shape index (κ2) is 9.53. The molecule has 1 heterocycles. The molecule has 3 rings (SSSR count). The second-order valence-corrected chi connectivity index (χ2v) is 8.50. The normalized spacial score (nSPS) is 11.8. The van der Waals surface area contributed by atoms with Gasteiger partial charge in [0.15, 0.2) is 0 Å². The third kappa shape index (κ3) is 5.26. The summed E-state index contributed by atoms with van der Waals surface area (Å²) in [7, 11) is 0. The van der Waals surface area contributed by atoms with Gasteiger partial charge in [-0.25, -0.2) is 4.68 Å². The topological polar surface area (TPSA) is 92.2 Å². The van der Waals surface area contributed by atoms with Crippen LogP contribution in [0.1, 0.15) is 36.3 Å². The Balaban J connectivity index is 1.94. The van der Waals surface area contributed by atoms with Crippen LogP contribution in [0, 0.1) is 6.92 Å². The number of carbonyl (C=O) groups is 3. The summed E-state index contributed by atoms with van der Waals surface area (Å²) >= 11 is 9.52. The first-order valence-electron chi connectivity index (χ1n) is 9.70. The van der Waals surface area contributed by atoms with E-state index in [1.807, 2.05) is 26.0 Å². The molecule has 2 aromatic carbocycles. The second-order valence-electron chi connectivity index (χ2n) is 7.21. The number of benzene rings is 2. The van der Waals surface area contributed by atoms with Crippen LogP contribution < -0.4 is 16.1 Å². The zero-order valence-electron chi connectivity index (χ0n) is 17.3. The van der Waals surface area contributed by atoms with Crippen molar-refractivity contribution in [2.75, 3.05) is 10.7 Å². The van der Waals surface area contributed by atoms with E-state index in [1.165, 1.54) is 4.68 Å². The Kier molecular flexibility index (Phi) is 7.02. The van der Waals surface area contributed by atoms with Gasteiger partial charge in [-0.05, 0) is 68.3 Å². The first kappa shape index (κ1) is 22.8. The summed E-state index contributed by atoms with van der Waals surface area (Å²) in [5.41, 5.74) is 4.77. The third-order valence-corrected chi connectivity index (χ3v) is 5.95. The van der Waals surface area contributed by atoms with Gasteiger partial charge in [-0.2, -0.15) is 0 Å². The Hall–Kier alpha value is -2.84. The van der Waals surface area contributed by atoms with Crippen molar-refractivity contribution >= 4 is 61.8 Å². The van der Waals surface area contributed by atoms with Crippen molar-refractivity contribution in [3.63, 3.8) is 0 Å². The van der Waals surface area contributed by atoms with Gasteiger partial charge in [0, 0.05) is 26.6 Å². The van der Waals surface area contributed by atoms with Gasteiger partial charge in [0.25, 0.3) is 5.91 Å². The molecule has 0 spiro atoms. The van der Waals surface area contributed by atoms with Gasteiger partial charge >= 0.3 is 11.8 Å². The monoisotopic (exact) mass is 504 g/mol. The highest BCUT2D eigenvalue weighted by Gasteiger charge is 2.21. The largest absolute Gasteiger partial charge is 0.345 e. The fraction of sp³-hybridized carbons (Fsp3) is 0.227. The van der Waals surface area contributed by atoms with Crippen LogP contribution in [0.25, 0.3) is 10.9 Å². The molecule has 1 atom stereocenters. The molecule has 3 N–H and O–H groups in total. The molecule has 162 valence electrons. The van der Waals surface area contributed by atoms with Gasteiger partial charge in [0.2, 0.25) is 0 Å². The van der Waals surface area contributed by atoms with Crippen LogP contribution in [0.2, 0.25) is 5.02 Å². The van der Waals surface area contributed by atoms with E-state index in [0.29, 0.717) is 28.0 Å². The minimum absolute atomic E-state index is 0.151. The minimum atomic E-state index is -0.874. The van der Waals surface area contributed by atoms with Gasteiger partial charge in [-0.1, -0.05) is 34.5 Å². The van der Waals surface area contributed by atoms with Crippen LogP contribution in [0.3, 0.4) is 0 Å². The molecular weight excluding hydrogens is 484 g/mol. The standard InChI is InChI=1S/C22H22BrClN4O3/c1-4-13(3)25-21(30)22(31)27-28-18-8-5-15(24)10-14(18)11-19(28)20(29)26-16-6-7-17(23)12(2)9-16/h5-11,13H,4H2,1-3H3,(H,25,30)(H,26,29)(H,27,31)/t13-/m0/s1. The van der Waals surface area contributed by atoms with Gasteiger partial charge < -0.3 is 10.6 Å². The van der Waals surface area contributed by atoms with E-state index in [9.17, 15) is 14.4 Å². The summed E-state index contributed by atoms with van der Waals surface area (Å²) in [6, 6.07) is 11.9. The number of hydrogen-bond donors (Lipinski definition) is 3. The highest BCUT2D eigenvalue weighted by molar-refractivity contribution is 9.10. The Morgan fingerprint density at radius 2 is 1.84 bits per heavy atom. The van der Waals surface area contributed by atoms with Crippen molar-refractivity contribution in [1.29, 1.82) is 0 Å². The molecule has 0 aliphatic heterocycles. The Morgan fingerprint density at radius 3 is 2.52 bits per heavy atom. The summed E-state index contributed by atoms with van der Waals surface area (Å²) in [5, 5.41) is 6.56. The molecule has 3 amide bonds. The molecule has 0 saturated carbocycles. The average molecular weight is 506 g/mol. The van der Waals surface area contributed by atoms with E-state index in [4.69, 9.17) is 11.6 Å². The molecule has 7 nitrogen and oxygen atoms in total. The number of nitrogens with one attached hydrogen (secondary N) is 3. The van der Waals surface area contributed by atoms with Crippen LogP contribution in [0.4, 0.5) is 5.69 Å². The lowest BCUT2D eigenvalue weighted by Gasteiger charge is -2.14. The van der Waals surface area contributed by atoms with Crippen LogP contribution >= 0.6 is 27.5 Å². The van der Waals surface area contributed by atoms with Crippen LogP contribution in [-0.2, 0) is 9.59 Å². The first-order chi connectivity index (χ1) is 14.7. The third-order valence-electron chi connectivity index (χ3n) is 4.82. The van der Waals surface area contributed by atoms with Crippen molar-refractivity contribution in [2.45, 2.75) is 33.2 Å². The molecule has 0 aliphatic carbocycles. The van der Waals surface area contributed by atoms with E-state index in [-0.39, 0.29) is 11.7 Å². The predicted molar refractivity (Wildman–Crippen MR) is 126 cm³/mol. The molecule has 0 fully saturated rings. The minimum Gasteiger partial charge on any atom is -0.345 e. The molecule has 1 aromatic heterocycles. The maximum atomic E-state index is 13.0. The SMILES string of the molecule is CC[C@H](C)NC(=O)C(=O)Nn1c(C(=O)Nc2ccc(Br)c(C)c2)cc2cc(Cl)ccc21. The molecule has 31 heavy (non-hydrogen) atoms. The van der Waals surface area contributed by atoms with E-state index in [0.717, 1.165) is 10.0 Å². The number of carbonyl (C=O) groups excluding carboxylic acids is 3. The Bertz CT molecular complexity index is 1180. The number of anilines is 1. The first-order valence-corrected chi connectivity index (χ1v) is 10.9. The highest BCUT2D eigenvalue weighted by Crippen LogP contribution is 2.25. The quantitative estimate of drug-likeness (QED) is 0.442. The maximum absolute atomic E-state index is 13.0. The Labute approximate surface area is 193 Å². The van der Waals surface area contributed by atoms with Crippen molar-refractivity contribution in [3.8, 4) is 0 Å². The van der Waals surface area contributed by atoms with Crippen LogP contribution in [0.5, 0.6) is 0 Å². The highest BCUT2D eigenvalue weighted by atomic mass is 79.9. The lowest BCUT2D eigenvalue weighted by molar-refractivity contribution is -0.137. The number of aromatic nitrogens is 1. The van der Waals surface area contributed by atoms with Crippen molar-refractivity contribution in [1.82, 2.24) is 9.99 Å². The zero-order chi connectivity index (χ0) is 22.7. The lowest BCUT2D eigenvalue weighted by Crippen LogP contribution is -2.43. The number of fused-ring (bicyclic) bond motifs is 1. The van der Waals surface area contributed by atoms with Crippen molar-refractivity contribution in [2.24, 2.45) is 0 Å². The van der Waals surface area contributed by atoms with E-state index in [2.05, 4.69) is 32.0 Å². The summed E-state index contributed by atoms with van der Waals surface area (Å²) in [6.07, 6.45) is 0.685. The van der Waals surface area contributed by atoms with Gasteiger partial charge in [0.05, 0.1) is 5.52 Å². The zero-order valence-corrected chi connectivity index (χ0v) is 19.6. The predicted octanol–water partition coefficient (Wildman–Crippen LogP) is 4.60. The van der Waals surface area contributed by atoms with Gasteiger partial charge in [-0.3, -0.25) is 19.8 Å². The summed E-state index contributed by atoms with van der Waals surface area (Å²) < 4.78 is 2.22. The molecule has 3 aromatic rings. The van der Waals surface area contributed by atoms with Crippen molar-refractivity contribution < 1.29 is 14.4 Å². The summed E-state index contributed by atoms with van der Waals surface area (Å²) in [5.74, 6) is -2.10. The number of aryl methyl sites for hydroxylation is 1. The molecule has 9 heteroatoms. The summed E-state index contributed by atoms with van der Waals surface area (Å²) in [4.78, 5) is 37.7. The fourth-order valence-corrected chi connectivity index (χ4v) is 3.36. The van der Waals surface area contributed by atoms with Crippen LogP contribution in [-0.4, -0.2) is 28.4 Å². The number of halogens is 2. The average Bonchev–Trinajstić information content (AvgIpc) is 3.07. The smallest absolute Gasteiger partial charge is 0.328 e. The molecule has 0 bridgehead atoms. The molecule has 0 radical (unpaired) electrons. The molecule has 0 saturated heterocycles. The molecular formula is C22H22BrClN4O3. The van der Waals surface area contributed by atoms with E-state index in [1.54, 1.807) is 37.3 Å². The van der Waals surface area contributed by atoms with Gasteiger partial charge in [0.1, 0.15) is 5.69 Å². The number of nitrogens with zero attached hydrogens (tertiary/aromatic N) is 1. The number of rotatable bonds is 5. The lowest BCUT2D eigenvalue weighted by atomic mass is 10.2. The molecule has 0 aliphatic rings. The fourth-order valence-electron chi connectivity index (χ4n) is 2.94. The van der Waals surface area contributed by atoms with Gasteiger partial charge in [-0.15, -0.1) is 0 Å².